The zero-order valence-electron chi connectivity index (χ0n) is 11.1. The lowest BCUT2D eigenvalue weighted by atomic mass is 10.2. The summed E-state index contributed by atoms with van der Waals surface area (Å²) in [6.07, 6.45) is 8.29. The number of rotatable bonds is 4. The number of halogens is 1. The minimum Gasteiger partial charge on any atom is -0.356 e. The number of pyridine rings is 1. The summed E-state index contributed by atoms with van der Waals surface area (Å²) in [5, 5.41) is 0. The second kappa shape index (κ2) is 5.58. The summed E-state index contributed by atoms with van der Waals surface area (Å²) in [4.78, 5) is 15.3. The van der Waals surface area contributed by atoms with Crippen LogP contribution in [0.4, 0.5) is 5.82 Å². The molecular weight excluding hydrogens is 318 g/mol. The Bertz CT molecular complexity index is 710. The first-order chi connectivity index (χ1) is 9.74. The Morgan fingerprint density at radius 1 is 1.25 bits per heavy atom. The van der Waals surface area contributed by atoms with E-state index in [2.05, 4.69) is 35.8 Å². The van der Waals surface area contributed by atoms with Crippen molar-refractivity contribution in [2.24, 2.45) is 0 Å². The minimum absolute atomic E-state index is 0.794. The fourth-order valence-electron chi connectivity index (χ4n) is 2.08. The van der Waals surface area contributed by atoms with Gasteiger partial charge in [0.1, 0.15) is 4.60 Å². The molecular formula is C14H14BrN5. The largest absolute Gasteiger partial charge is 0.356 e. The van der Waals surface area contributed by atoms with Crippen LogP contribution in [0.5, 0.6) is 0 Å². The van der Waals surface area contributed by atoms with Gasteiger partial charge in [-0.25, -0.2) is 9.97 Å². The number of hydrogen-bond donors (Lipinski definition) is 0. The van der Waals surface area contributed by atoms with Gasteiger partial charge in [0.25, 0.3) is 0 Å². The monoisotopic (exact) mass is 331 g/mol. The average Bonchev–Trinajstić information content (AvgIpc) is 2.93. The van der Waals surface area contributed by atoms with E-state index in [9.17, 15) is 0 Å². The second-order valence-electron chi connectivity index (χ2n) is 4.54. The number of aromatic nitrogens is 4. The first kappa shape index (κ1) is 13.1. The Hall–Kier alpha value is -1.95. The molecule has 3 aromatic rings. The molecule has 3 heterocycles. The molecule has 0 atom stereocenters. The molecule has 102 valence electrons. The van der Waals surface area contributed by atoms with Crippen LogP contribution >= 0.6 is 15.9 Å². The normalized spacial score (nSPS) is 10.9. The van der Waals surface area contributed by atoms with Crippen molar-refractivity contribution in [2.75, 3.05) is 18.5 Å². The molecule has 3 rings (SSSR count). The van der Waals surface area contributed by atoms with Crippen LogP contribution in [0.2, 0.25) is 0 Å². The van der Waals surface area contributed by atoms with Crippen LogP contribution in [0.3, 0.4) is 0 Å². The van der Waals surface area contributed by atoms with Crippen LogP contribution in [0.1, 0.15) is 5.69 Å². The SMILES string of the molecule is CN(CCc1ccccn1)c1nc(Br)cn2ccnc12. The first-order valence-electron chi connectivity index (χ1n) is 6.34. The fourth-order valence-corrected chi connectivity index (χ4v) is 2.46. The van der Waals surface area contributed by atoms with E-state index in [1.54, 1.807) is 6.20 Å². The highest BCUT2D eigenvalue weighted by Gasteiger charge is 2.11. The highest BCUT2D eigenvalue weighted by molar-refractivity contribution is 9.10. The third-order valence-electron chi connectivity index (χ3n) is 3.12. The number of anilines is 1. The van der Waals surface area contributed by atoms with Gasteiger partial charge < -0.3 is 9.30 Å². The van der Waals surface area contributed by atoms with Crippen molar-refractivity contribution in [1.82, 2.24) is 19.4 Å². The van der Waals surface area contributed by atoms with Crippen molar-refractivity contribution in [3.8, 4) is 0 Å². The average molecular weight is 332 g/mol. The number of hydrogen-bond acceptors (Lipinski definition) is 4. The molecule has 0 unspecified atom stereocenters. The van der Waals surface area contributed by atoms with Gasteiger partial charge >= 0.3 is 0 Å². The maximum atomic E-state index is 4.52. The van der Waals surface area contributed by atoms with Gasteiger partial charge in [-0.3, -0.25) is 4.98 Å². The Labute approximate surface area is 125 Å². The molecule has 0 amide bonds. The van der Waals surface area contributed by atoms with Gasteiger partial charge in [0.05, 0.1) is 0 Å². The molecule has 0 saturated heterocycles. The predicted octanol–water partition coefficient (Wildman–Crippen LogP) is 2.57. The van der Waals surface area contributed by atoms with Gasteiger partial charge in [-0.2, -0.15) is 0 Å². The van der Waals surface area contributed by atoms with E-state index in [0.29, 0.717) is 0 Å². The molecule has 6 heteroatoms. The van der Waals surface area contributed by atoms with Gasteiger partial charge in [0.15, 0.2) is 11.5 Å². The van der Waals surface area contributed by atoms with Crippen LogP contribution in [0.25, 0.3) is 5.65 Å². The smallest absolute Gasteiger partial charge is 0.180 e. The zero-order valence-corrected chi connectivity index (χ0v) is 12.7. The van der Waals surface area contributed by atoms with E-state index < -0.39 is 0 Å². The van der Waals surface area contributed by atoms with Crippen molar-refractivity contribution in [3.05, 3.63) is 53.3 Å². The minimum atomic E-state index is 0.794. The number of imidazole rings is 1. The maximum absolute atomic E-state index is 4.52. The van der Waals surface area contributed by atoms with Crippen molar-refractivity contribution in [2.45, 2.75) is 6.42 Å². The number of nitrogens with zero attached hydrogens (tertiary/aromatic N) is 5. The molecule has 5 nitrogen and oxygen atoms in total. The molecule has 0 N–H and O–H groups in total. The number of likely N-dealkylation sites (N-methyl/N-ethyl adjacent to an activating group) is 1. The highest BCUT2D eigenvalue weighted by atomic mass is 79.9. The van der Waals surface area contributed by atoms with E-state index in [-0.39, 0.29) is 0 Å². The zero-order chi connectivity index (χ0) is 13.9. The van der Waals surface area contributed by atoms with Gasteiger partial charge in [0, 0.05) is 50.5 Å². The summed E-state index contributed by atoms with van der Waals surface area (Å²) in [7, 11) is 2.02. The van der Waals surface area contributed by atoms with Crippen molar-refractivity contribution in [3.63, 3.8) is 0 Å². The van der Waals surface area contributed by atoms with Crippen LogP contribution in [0.15, 0.2) is 47.6 Å². The second-order valence-corrected chi connectivity index (χ2v) is 5.35. The van der Waals surface area contributed by atoms with Gasteiger partial charge in [0.2, 0.25) is 0 Å². The maximum Gasteiger partial charge on any atom is 0.180 e. The number of fused-ring (bicyclic) bond motifs is 1. The van der Waals surface area contributed by atoms with Crippen LogP contribution in [0, 0.1) is 0 Å². The third-order valence-corrected chi connectivity index (χ3v) is 3.50. The summed E-state index contributed by atoms with van der Waals surface area (Å²) in [5.74, 6) is 0.861. The van der Waals surface area contributed by atoms with Crippen LogP contribution in [-0.4, -0.2) is 32.9 Å². The molecule has 0 saturated carbocycles. The highest BCUT2D eigenvalue weighted by Crippen LogP contribution is 2.20. The quantitative estimate of drug-likeness (QED) is 0.737. The van der Waals surface area contributed by atoms with E-state index in [1.807, 2.05) is 48.2 Å². The third kappa shape index (κ3) is 2.65. The van der Waals surface area contributed by atoms with Crippen LogP contribution in [-0.2, 0) is 6.42 Å². The van der Waals surface area contributed by atoms with Crippen molar-refractivity contribution in [1.29, 1.82) is 0 Å². The molecule has 20 heavy (non-hydrogen) atoms. The molecule has 0 radical (unpaired) electrons. The Morgan fingerprint density at radius 2 is 2.15 bits per heavy atom. The first-order valence-corrected chi connectivity index (χ1v) is 7.13. The van der Waals surface area contributed by atoms with Crippen LogP contribution < -0.4 is 4.90 Å². The van der Waals surface area contributed by atoms with Gasteiger partial charge in [-0.05, 0) is 28.1 Å². The summed E-state index contributed by atoms with van der Waals surface area (Å²) >= 11 is 3.43. The fraction of sp³-hybridized carbons (Fsp3) is 0.214. The lowest BCUT2D eigenvalue weighted by molar-refractivity contribution is 0.834. The topological polar surface area (TPSA) is 46.3 Å². The van der Waals surface area contributed by atoms with E-state index in [1.165, 1.54) is 0 Å². The molecule has 0 aliphatic carbocycles. The Kier molecular flexibility index (Phi) is 3.64. The molecule has 0 aliphatic heterocycles. The van der Waals surface area contributed by atoms with Crippen molar-refractivity contribution < 1.29 is 0 Å². The van der Waals surface area contributed by atoms with E-state index in [4.69, 9.17) is 0 Å². The van der Waals surface area contributed by atoms with E-state index >= 15 is 0 Å². The summed E-state index contributed by atoms with van der Waals surface area (Å²) < 4.78 is 2.76. The Balaban J connectivity index is 1.82. The molecule has 0 aliphatic rings. The summed E-state index contributed by atoms with van der Waals surface area (Å²) in [6.45, 7) is 0.836. The predicted molar refractivity (Wildman–Crippen MR) is 81.9 cm³/mol. The summed E-state index contributed by atoms with van der Waals surface area (Å²) in [5.41, 5.74) is 1.94. The molecule has 0 fully saturated rings. The Morgan fingerprint density at radius 3 is 2.95 bits per heavy atom. The van der Waals surface area contributed by atoms with E-state index in [0.717, 1.165) is 34.7 Å². The molecule has 3 aromatic heterocycles. The standard InChI is InChI=1S/C14H14BrN5/c1-19(8-5-11-4-2-3-6-16-11)14-13-17-7-9-20(13)10-12(15)18-14/h2-4,6-7,9-10H,5,8H2,1H3. The molecule has 0 bridgehead atoms. The lowest BCUT2D eigenvalue weighted by Gasteiger charge is -2.18. The van der Waals surface area contributed by atoms with Gasteiger partial charge in [-0.1, -0.05) is 6.07 Å². The molecule has 0 spiro atoms. The van der Waals surface area contributed by atoms with Crippen molar-refractivity contribution >= 4 is 27.4 Å². The lowest BCUT2D eigenvalue weighted by Crippen LogP contribution is -2.22. The molecule has 0 aromatic carbocycles. The van der Waals surface area contributed by atoms with Gasteiger partial charge in [-0.15, -0.1) is 0 Å². The summed E-state index contributed by atoms with van der Waals surface area (Å²) in [6, 6.07) is 5.97.